The highest BCUT2D eigenvalue weighted by Gasteiger charge is 2.56. The molecule has 4 nitrogen and oxygen atoms in total. The molecule has 0 radical (unpaired) electrons. The average Bonchev–Trinajstić information content (AvgIpc) is 3.08. The van der Waals surface area contributed by atoms with Crippen molar-refractivity contribution < 1.29 is 4.79 Å². The Morgan fingerprint density at radius 2 is 2.09 bits per heavy atom. The number of carbonyl (C=O) groups is 1. The minimum Gasteiger partial charge on any atom is -0.332 e. The zero-order valence-electron chi connectivity index (χ0n) is 13.4. The molecular weight excluding hydrogens is 286 g/mol. The summed E-state index contributed by atoms with van der Waals surface area (Å²) in [4.78, 5) is 15.0. The van der Waals surface area contributed by atoms with Gasteiger partial charge < -0.3 is 4.90 Å². The summed E-state index contributed by atoms with van der Waals surface area (Å²) in [6.45, 7) is 1.59. The third kappa shape index (κ3) is 2.37. The Balaban J connectivity index is 1.54. The summed E-state index contributed by atoms with van der Waals surface area (Å²) < 4.78 is 1.84. The van der Waals surface area contributed by atoms with Crippen LogP contribution in [0.4, 0.5) is 0 Å². The largest absolute Gasteiger partial charge is 0.332 e. The number of nitrogens with zero attached hydrogens (tertiary/aromatic N) is 3. The van der Waals surface area contributed by atoms with Gasteiger partial charge in [-0.25, -0.2) is 0 Å². The fourth-order valence-electron chi connectivity index (χ4n) is 4.46. The number of carbonyl (C=O) groups excluding carboxylic acids is 1. The molecule has 0 unspecified atom stereocenters. The maximum Gasteiger partial charge on any atom is 0.225 e. The minimum absolute atomic E-state index is 0.0410. The van der Waals surface area contributed by atoms with Crippen LogP contribution < -0.4 is 0 Å². The van der Waals surface area contributed by atoms with E-state index in [1.807, 2.05) is 16.9 Å². The molecule has 2 fully saturated rings. The number of benzene rings is 1. The van der Waals surface area contributed by atoms with E-state index in [-0.39, 0.29) is 11.4 Å². The van der Waals surface area contributed by atoms with Crippen LogP contribution in [0.3, 0.4) is 0 Å². The van der Waals surface area contributed by atoms with Gasteiger partial charge in [-0.05, 0) is 24.5 Å². The molecule has 0 N–H and O–H groups in total. The lowest BCUT2D eigenvalue weighted by atomic mass is 9.61. The fraction of sp³-hybridized carbons (Fsp3) is 0.474. The maximum atomic E-state index is 12.8. The van der Waals surface area contributed by atoms with E-state index in [9.17, 15) is 4.79 Å². The molecule has 2 aliphatic rings. The molecule has 4 heteroatoms. The molecule has 1 aliphatic heterocycles. The zero-order chi connectivity index (χ0) is 15.7. The Hall–Kier alpha value is -2.10. The third-order valence-electron chi connectivity index (χ3n) is 5.61. The Morgan fingerprint density at radius 3 is 2.83 bits per heavy atom. The van der Waals surface area contributed by atoms with Crippen LogP contribution in [0.15, 0.2) is 48.8 Å². The summed E-state index contributed by atoms with van der Waals surface area (Å²) in [6.07, 6.45) is 9.08. The monoisotopic (exact) mass is 309 g/mol. The van der Waals surface area contributed by atoms with Gasteiger partial charge in [0, 0.05) is 37.8 Å². The van der Waals surface area contributed by atoms with Gasteiger partial charge in [0.2, 0.25) is 5.91 Å². The van der Waals surface area contributed by atoms with Crippen LogP contribution in [-0.2, 0) is 16.9 Å². The Morgan fingerprint density at radius 1 is 1.22 bits per heavy atom. The Kier molecular flexibility index (Phi) is 3.68. The molecular formula is C19H23N3O. The van der Waals surface area contributed by atoms with Gasteiger partial charge in [0.15, 0.2) is 0 Å². The number of rotatable bonds is 4. The second-order valence-corrected chi connectivity index (χ2v) is 6.76. The van der Waals surface area contributed by atoms with E-state index in [0.29, 0.717) is 18.9 Å². The van der Waals surface area contributed by atoms with Crippen LogP contribution in [-0.4, -0.2) is 27.1 Å². The third-order valence-corrected chi connectivity index (χ3v) is 5.61. The predicted octanol–water partition coefficient (Wildman–Crippen LogP) is 3.20. The predicted molar refractivity (Wildman–Crippen MR) is 88.6 cm³/mol. The molecule has 1 saturated carbocycles. The van der Waals surface area contributed by atoms with Gasteiger partial charge in [0.05, 0.1) is 5.54 Å². The van der Waals surface area contributed by atoms with Gasteiger partial charge in [-0.3, -0.25) is 9.48 Å². The fourth-order valence-corrected chi connectivity index (χ4v) is 4.46. The standard InChI is InChI=1S/C19H23N3O/c23-18(10-14-21-13-6-12-20-21)22-15-17-9-4-5-11-19(17,22)16-7-2-1-3-8-16/h1-3,6-8,12-13,17H,4-5,9-11,14-15H2/t17-,19-/m1/s1. The number of aromatic nitrogens is 2. The summed E-state index contributed by atoms with van der Waals surface area (Å²) in [5.41, 5.74) is 1.28. The van der Waals surface area contributed by atoms with Crippen molar-refractivity contribution in [2.45, 2.75) is 44.2 Å². The highest BCUT2D eigenvalue weighted by molar-refractivity contribution is 5.78. The van der Waals surface area contributed by atoms with Gasteiger partial charge in [-0.2, -0.15) is 5.10 Å². The molecule has 1 aromatic heterocycles. The van der Waals surface area contributed by atoms with Gasteiger partial charge in [0.1, 0.15) is 0 Å². The number of hydrogen-bond acceptors (Lipinski definition) is 2. The summed E-state index contributed by atoms with van der Waals surface area (Å²) in [6, 6.07) is 12.6. The minimum atomic E-state index is -0.0410. The first kappa shape index (κ1) is 14.5. The molecule has 1 aromatic carbocycles. The van der Waals surface area contributed by atoms with Crippen molar-refractivity contribution in [3.63, 3.8) is 0 Å². The van der Waals surface area contributed by atoms with E-state index in [2.05, 4.69) is 40.3 Å². The first-order valence-corrected chi connectivity index (χ1v) is 8.64. The van der Waals surface area contributed by atoms with Crippen molar-refractivity contribution in [3.8, 4) is 0 Å². The van der Waals surface area contributed by atoms with E-state index in [1.54, 1.807) is 6.20 Å². The summed E-state index contributed by atoms with van der Waals surface area (Å²) in [5, 5.41) is 4.19. The lowest BCUT2D eigenvalue weighted by molar-refractivity contribution is -0.167. The Labute approximate surface area is 137 Å². The van der Waals surface area contributed by atoms with Crippen LogP contribution in [0.5, 0.6) is 0 Å². The second-order valence-electron chi connectivity index (χ2n) is 6.76. The smallest absolute Gasteiger partial charge is 0.225 e. The number of aryl methyl sites for hydroxylation is 1. The second kappa shape index (κ2) is 5.84. The van der Waals surface area contributed by atoms with E-state index in [4.69, 9.17) is 0 Å². The summed E-state index contributed by atoms with van der Waals surface area (Å²) in [5.74, 6) is 0.898. The first-order chi connectivity index (χ1) is 11.3. The van der Waals surface area contributed by atoms with Crippen LogP contribution >= 0.6 is 0 Å². The van der Waals surface area contributed by atoms with Gasteiger partial charge in [0.25, 0.3) is 0 Å². The van der Waals surface area contributed by atoms with Gasteiger partial charge >= 0.3 is 0 Å². The summed E-state index contributed by atoms with van der Waals surface area (Å²) >= 11 is 0. The average molecular weight is 309 g/mol. The van der Waals surface area contributed by atoms with E-state index >= 15 is 0 Å². The molecule has 23 heavy (non-hydrogen) atoms. The SMILES string of the molecule is O=C(CCn1cccn1)N1C[C@H]2CCCC[C@@]21c1ccccc1. The van der Waals surface area contributed by atoms with E-state index < -0.39 is 0 Å². The highest BCUT2D eigenvalue weighted by atomic mass is 16.2. The van der Waals surface area contributed by atoms with E-state index in [1.165, 1.54) is 24.8 Å². The molecule has 0 bridgehead atoms. The van der Waals surface area contributed by atoms with Crippen LogP contribution in [0.2, 0.25) is 0 Å². The highest BCUT2D eigenvalue weighted by Crippen LogP contribution is 2.53. The van der Waals surface area contributed by atoms with Crippen molar-refractivity contribution in [1.82, 2.24) is 14.7 Å². The molecule has 0 spiro atoms. The van der Waals surface area contributed by atoms with Gasteiger partial charge in [-0.1, -0.05) is 43.2 Å². The molecule has 2 atom stereocenters. The molecule has 1 aliphatic carbocycles. The summed E-state index contributed by atoms with van der Waals surface area (Å²) in [7, 11) is 0. The van der Waals surface area contributed by atoms with Crippen molar-refractivity contribution >= 4 is 5.91 Å². The lowest BCUT2D eigenvalue weighted by Crippen LogP contribution is -2.67. The zero-order valence-corrected chi connectivity index (χ0v) is 13.4. The number of hydrogen-bond donors (Lipinski definition) is 0. The molecule has 2 aromatic rings. The molecule has 1 saturated heterocycles. The number of fused-ring (bicyclic) bond motifs is 1. The number of amides is 1. The van der Waals surface area contributed by atoms with Crippen molar-refractivity contribution in [2.75, 3.05) is 6.54 Å². The van der Waals surface area contributed by atoms with Crippen LogP contribution in [0.1, 0.15) is 37.7 Å². The molecule has 120 valence electrons. The van der Waals surface area contributed by atoms with Crippen LogP contribution in [0.25, 0.3) is 0 Å². The number of likely N-dealkylation sites (tertiary alicyclic amines) is 1. The normalized spacial score (nSPS) is 26.4. The quantitative estimate of drug-likeness (QED) is 0.870. The van der Waals surface area contributed by atoms with Crippen LogP contribution in [0, 0.1) is 5.92 Å². The van der Waals surface area contributed by atoms with Gasteiger partial charge in [-0.15, -0.1) is 0 Å². The maximum absolute atomic E-state index is 12.8. The van der Waals surface area contributed by atoms with Crippen molar-refractivity contribution in [1.29, 1.82) is 0 Å². The molecule has 1 amide bonds. The van der Waals surface area contributed by atoms with Crippen molar-refractivity contribution in [3.05, 3.63) is 54.4 Å². The molecule has 2 heterocycles. The topological polar surface area (TPSA) is 38.1 Å². The Bertz CT molecular complexity index is 667. The molecule has 4 rings (SSSR count). The first-order valence-electron chi connectivity index (χ1n) is 8.64. The van der Waals surface area contributed by atoms with Crippen molar-refractivity contribution in [2.24, 2.45) is 5.92 Å². The van der Waals surface area contributed by atoms with E-state index in [0.717, 1.165) is 13.0 Å². The lowest BCUT2D eigenvalue weighted by Gasteiger charge is -2.61.